The van der Waals surface area contributed by atoms with Crippen molar-refractivity contribution in [3.8, 4) is 0 Å². The van der Waals surface area contributed by atoms with Crippen molar-refractivity contribution in [3.63, 3.8) is 0 Å². The molecule has 0 heterocycles. The molecule has 0 spiro atoms. The summed E-state index contributed by atoms with van der Waals surface area (Å²) in [6, 6.07) is 21.2. The topological polar surface area (TPSA) is 111 Å². The van der Waals surface area contributed by atoms with Crippen LogP contribution in [0.25, 0.3) is 0 Å². The maximum Gasteiger partial charge on any atom is 0.404 e. The summed E-state index contributed by atoms with van der Waals surface area (Å²) in [7, 11) is -8.85. The molecular formula is C30H37F2N2O6PS. The van der Waals surface area contributed by atoms with Crippen molar-refractivity contribution in [3.05, 3.63) is 102 Å². The van der Waals surface area contributed by atoms with E-state index in [1.54, 1.807) is 18.2 Å². The number of rotatable bonds is 17. The number of alkyl halides is 2. The first-order valence-electron chi connectivity index (χ1n) is 13.8. The third-order valence-electron chi connectivity index (χ3n) is 6.38. The molecule has 0 aliphatic carbocycles. The second kappa shape index (κ2) is 15.5. The van der Waals surface area contributed by atoms with E-state index in [1.807, 2.05) is 30.3 Å². The van der Waals surface area contributed by atoms with E-state index in [0.717, 1.165) is 25.0 Å². The summed E-state index contributed by atoms with van der Waals surface area (Å²) in [5, 5.41) is 2.79. The zero-order valence-electron chi connectivity index (χ0n) is 23.7. The van der Waals surface area contributed by atoms with Gasteiger partial charge in [-0.2, -0.15) is 13.5 Å². The third-order valence-corrected chi connectivity index (χ3v) is 10.0. The summed E-state index contributed by atoms with van der Waals surface area (Å²) in [6.07, 6.45) is 2.25. The van der Waals surface area contributed by atoms with E-state index < -0.39 is 40.8 Å². The molecule has 0 saturated heterocycles. The number of hydrogen-bond donors (Lipinski definition) is 2. The molecule has 0 aliphatic rings. The summed E-state index contributed by atoms with van der Waals surface area (Å²) in [5.74, 6) is -0.541. The third kappa shape index (κ3) is 9.02. The van der Waals surface area contributed by atoms with Gasteiger partial charge in [0.15, 0.2) is 0 Å². The minimum atomic E-state index is -4.79. The summed E-state index contributed by atoms with van der Waals surface area (Å²) < 4.78 is 81.3. The molecule has 3 aromatic rings. The Morgan fingerprint density at radius 3 is 2.00 bits per heavy atom. The normalized spacial score (nSPS) is 13.0. The van der Waals surface area contributed by atoms with Crippen LogP contribution in [-0.2, 0) is 46.9 Å². The molecule has 0 bridgehead atoms. The quantitative estimate of drug-likeness (QED) is 0.141. The zero-order chi connectivity index (χ0) is 30.6. The highest BCUT2D eigenvalue weighted by atomic mass is 32.2. The SMILES string of the molecule is CCOP(=O)(OCC)C(F)(F)c1ccc(C[C@H](NS(=O)(=O)c2ccccc2)C(=O)NCCCCc2ccccc2)cc1. The van der Waals surface area contributed by atoms with Gasteiger partial charge in [-0.3, -0.25) is 9.36 Å². The molecule has 3 aromatic carbocycles. The Bertz CT molecular complexity index is 1420. The van der Waals surface area contributed by atoms with Crippen molar-refractivity contribution in [1.29, 1.82) is 0 Å². The van der Waals surface area contributed by atoms with Crippen molar-refractivity contribution >= 4 is 23.5 Å². The van der Waals surface area contributed by atoms with Gasteiger partial charge >= 0.3 is 13.3 Å². The standard InChI is InChI=1S/C30H37F2N2O6PS/c1-3-39-41(36,40-4-2)30(31,32)26-20-18-25(19-21-26)23-28(34-42(37,38)27-16-9-6-10-17-27)29(35)33-22-12-11-15-24-13-7-5-8-14-24/h5-10,13-14,16-21,28,34H,3-4,11-12,15,22-23H2,1-2H3,(H,33,35)/t28-/m0/s1. The number of nitrogens with one attached hydrogen (secondary N) is 2. The van der Waals surface area contributed by atoms with Crippen molar-refractivity contribution in [2.45, 2.75) is 56.1 Å². The van der Waals surface area contributed by atoms with Gasteiger partial charge in [0.1, 0.15) is 6.04 Å². The minimum Gasteiger partial charge on any atom is -0.355 e. The molecule has 2 N–H and O–H groups in total. The Morgan fingerprint density at radius 1 is 0.857 bits per heavy atom. The van der Waals surface area contributed by atoms with E-state index >= 15 is 8.78 Å². The van der Waals surface area contributed by atoms with E-state index in [1.165, 1.54) is 43.7 Å². The average molecular weight is 623 g/mol. The fourth-order valence-corrected chi connectivity index (χ4v) is 7.01. The molecule has 0 fully saturated rings. The van der Waals surface area contributed by atoms with Crippen molar-refractivity contribution < 1.29 is 35.6 Å². The van der Waals surface area contributed by atoms with Gasteiger partial charge in [-0.1, -0.05) is 72.8 Å². The first-order chi connectivity index (χ1) is 20.0. The van der Waals surface area contributed by atoms with E-state index in [4.69, 9.17) is 9.05 Å². The largest absolute Gasteiger partial charge is 0.404 e. The second-order valence-corrected chi connectivity index (χ2v) is 13.3. The van der Waals surface area contributed by atoms with Crippen LogP contribution in [0, 0.1) is 0 Å². The Morgan fingerprint density at radius 2 is 1.43 bits per heavy atom. The molecule has 0 saturated carbocycles. The molecule has 0 unspecified atom stereocenters. The van der Waals surface area contributed by atoms with Gasteiger partial charge in [0.05, 0.1) is 18.1 Å². The Hall–Kier alpha value is -2.95. The van der Waals surface area contributed by atoms with Crippen LogP contribution in [0.15, 0.2) is 89.8 Å². The summed E-state index contributed by atoms with van der Waals surface area (Å²) in [5.41, 5.74) is -2.90. The Balaban J connectivity index is 1.74. The first-order valence-corrected chi connectivity index (χ1v) is 16.8. The summed E-state index contributed by atoms with van der Waals surface area (Å²) >= 11 is 0. The van der Waals surface area contributed by atoms with Crippen LogP contribution in [0.2, 0.25) is 0 Å². The second-order valence-electron chi connectivity index (χ2n) is 9.50. The number of halogens is 2. The average Bonchev–Trinajstić information content (AvgIpc) is 2.98. The number of hydrogen-bond acceptors (Lipinski definition) is 6. The van der Waals surface area contributed by atoms with Gasteiger partial charge in [0, 0.05) is 12.1 Å². The lowest BCUT2D eigenvalue weighted by Crippen LogP contribution is -2.48. The van der Waals surface area contributed by atoms with Crippen LogP contribution in [0.3, 0.4) is 0 Å². The number of aryl methyl sites for hydroxylation is 1. The molecule has 12 heteroatoms. The molecule has 1 amide bonds. The van der Waals surface area contributed by atoms with Gasteiger partial charge in [-0.25, -0.2) is 8.42 Å². The van der Waals surface area contributed by atoms with Crippen LogP contribution in [-0.4, -0.2) is 40.1 Å². The van der Waals surface area contributed by atoms with Gasteiger partial charge in [0.25, 0.3) is 0 Å². The van der Waals surface area contributed by atoms with Crippen molar-refractivity contribution in [1.82, 2.24) is 10.0 Å². The fraction of sp³-hybridized carbons (Fsp3) is 0.367. The molecule has 228 valence electrons. The highest BCUT2D eigenvalue weighted by Gasteiger charge is 2.54. The summed E-state index contributed by atoms with van der Waals surface area (Å²) in [4.78, 5) is 13.2. The van der Waals surface area contributed by atoms with Crippen LogP contribution < -0.4 is 10.0 Å². The molecule has 1 atom stereocenters. The minimum absolute atomic E-state index is 0.0109. The van der Waals surface area contributed by atoms with Gasteiger partial charge in [-0.05, 0) is 62.8 Å². The van der Waals surface area contributed by atoms with E-state index in [9.17, 15) is 17.8 Å². The zero-order valence-corrected chi connectivity index (χ0v) is 25.4. The lowest BCUT2D eigenvalue weighted by atomic mass is 10.0. The van der Waals surface area contributed by atoms with E-state index in [0.29, 0.717) is 18.5 Å². The molecule has 0 radical (unpaired) electrons. The molecule has 8 nitrogen and oxygen atoms in total. The Labute approximate surface area is 246 Å². The predicted octanol–water partition coefficient (Wildman–Crippen LogP) is 6.03. The van der Waals surface area contributed by atoms with Crippen molar-refractivity contribution in [2.24, 2.45) is 0 Å². The van der Waals surface area contributed by atoms with Gasteiger partial charge in [-0.15, -0.1) is 0 Å². The molecule has 0 aliphatic heterocycles. The fourth-order valence-electron chi connectivity index (χ4n) is 4.25. The smallest absolute Gasteiger partial charge is 0.355 e. The highest BCUT2D eigenvalue weighted by Crippen LogP contribution is 2.66. The number of unbranched alkanes of at least 4 members (excludes halogenated alkanes) is 1. The number of benzene rings is 3. The maximum absolute atomic E-state index is 15.2. The molecular weight excluding hydrogens is 585 g/mol. The monoisotopic (exact) mass is 622 g/mol. The molecule has 42 heavy (non-hydrogen) atoms. The summed E-state index contributed by atoms with van der Waals surface area (Å²) in [6.45, 7) is 2.77. The predicted molar refractivity (Wildman–Crippen MR) is 158 cm³/mol. The number of amides is 1. The van der Waals surface area contributed by atoms with E-state index in [-0.39, 0.29) is 24.5 Å². The van der Waals surface area contributed by atoms with Crippen LogP contribution in [0.5, 0.6) is 0 Å². The number of carbonyl (C=O) groups is 1. The molecule has 3 rings (SSSR count). The molecule has 0 aromatic heterocycles. The number of sulfonamides is 1. The number of carbonyl (C=O) groups excluding carboxylic acids is 1. The van der Waals surface area contributed by atoms with Crippen LogP contribution in [0.1, 0.15) is 43.4 Å². The van der Waals surface area contributed by atoms with Gasteiger partial charge < -0.3 is 14.4 Å². The lowest BCUT2D eigenvalue weighted by Gasteiger charge is -2.26. The van der Waals surface area contributed by atoms with Gasteiger partial charge in [0.2, 0.25) is 15.9 Å². The lowest BCUT2D eigenvalue weighted by molar-refractivity contribution is -0.122. The highest BCUT2D eigenvalue weighted by molar-refractivity contribution is 7.89. The first kappa shape index (κ1) is 33.6. The van der Waals surface area contributed by atoms with Crippen molar-refractivity contribution in [2.75, 3.05) is 19.8 Å². The van der Waals surface area contributed by atoms with Crippen LogP contribution in [0.4, 0.5) is 8.78 Å². The maximum atomic E-state index is 15.2. The van der Waals surface area contributed by atoms with E-state index in [2.05, 4.69) is 10.0 Å². The van der Waals surface area contributed by atoms with Crippen LogP contribution >= 0.6 is 7.60 Å². The Kier molecular flexibility index (Phi) is 12.4.